The predicted octanol–water partition coefficient (Wildman–Crippen LogP) is 1.66. The minimum atomic E-state index is 0.0614. The molecule has 3 nitrogen and oxygen atoms in total. The van der Waals surface area contributed by atoms with E-state index in [2.05, 4.69) is 0 Å². The summed E-state index contributed by atoms with van der Waals surface area (Å²) in [5.74, 6) is 0.150. The lowest BCUT2D eigenvalue weighted by atomic mass is 9.91. The second kappa shape index (κ2) is 5.46. The molecule has 1 fully saturated rings. The van der Waals surface area contributed by atoms with E-state index in [1.165, 1.54) is 6.42 Å². The Hall–Kier alpha value is -0.870. The first-order valence-electron chi connectivity index (χ1n) is 5.72. The average Bonchev–Trinajstić information content (AvgIpc) is 2.67. The minimum absolute atomic E-state index is 0.0614. The van der Waals surface area contributed by atoms with Gasteiger partial charge in [0.25, 0.3) is 0 Å². The number of hydrogen-bond acceptors (Lipinski definition) is 3. The van der Waals surface area contributed by atoms with Crippen molar-refractivity contribution in [3.8, 4) is 0 Å². The average molecular weight is 239 g/mol. The van der Waals surface area contributed by atoms with E-state index in [-0.39, 0.29) is 12.5 Å². The maximum atomic E-state index is 12.1. The first kappa shape index (κ1) is 11.6. The Labute approximate surface area is 99.7 Å². The van der Waals surface area contributed by atoms with Crippen LogP contribution in [0.2, 0.25) is 0 Å². The zero-order valence-corrected chi connectivity index (χ0v) is 10.1. The van der Waals surface area contributed by atoms with Gasteiger partial charge in [0.2, 0.25) is 5.91 Å². The number of aliphatic hydroxyl groups is 1. The molecule has 0 unspecified atom stereocenters. The summed E-state index contributed by atoms with van der Waals surface area (Å²) in [6.07, 6.45) is 3.86. The van der Waals surface area contributed by atoms with Gasteiger partial charge in [0.05, 0.1) is 13.0 Å². The number of aliphatic hydroxyl groups excluding tert-OH is 1. The van der Waals surface area contributed by atoms with Gasteiger partial charge in [-0.25, -0.2) is 0 Å². The monoisotopic (exact) mass is 239 g/mol. The third-order valence-corrected chi connectivity index (χ3v) is 3.84. The number of hydrogen-bond donors (Lipinski definition) is 1. The fourth-order valence-electron chi connectivity index (χ4n) is 1.99. The van der Waals surface area contributed by atoms with Crippen LogP contribution in [0.4, 0.5) is 0 Å². The lowest BCUT2D eigenvalue weighted by Crippen LogP contribution is -2.46. The maximum absolute atomic E-state index is 12.1. The van der Waals surface area contributed by atoms with E-state index >= 15 is 0 Å². The Morgan fingerprint density at radius 1 is 1.56 bits per heavy atom. The molecule has 0 aromatic carbocycles. The second-order valence-corrected chi connectivity index (χ2v) is 4.98. The molecule has 1 heterocycles. The van der Waals surface area contributed by atoms with Gasteiger partial charge in [0, 0.05) is 12.6 Å². The Bertz CT molecular complexity index is 333. The van der Waals surface area contributed by atoms with Crippen LogP contribution in [0, 0.1) is 0 Å². The van der Waals surface area contributed by atoms with Crippen molar-refractivity contribution in [1.29, 1.82) is 0 Å². The highest BCUT2D eigenvalue weighted by Crippen LogP contribution is 2.25. The molecule has 0 radical (unpaired) electrons. The lowest BCUT2D eigenvalue weighted by Gasteiger charge is -2.37. The Morgan fingerprint density at radius 3 is 2.88 bits per heavy atom. The largest absolute Gasteiger partial charge is 0.395 e. The molecule has 0 saturated heterocycles. The van der Waals surface area contributed by atoms with Gasteiger partial charge in [-0.1, -0.05) is 0 Å². The fourth-order valence-corrected chi connectivity index (χ4v) is 2.66. The summed E-state index contributed by atoms with van der Waals surface area (Å²) < 4.78 is 0. The van der Waals surface area contributed by atoms with Crippen molar-refractivity contribution in [2.45, 2.75) is 31.7 Å². The van der Waals surface area contributed by atoms with Crippen LogP contribution in [0.3, 0.4) is 0 Å². The fraction of sp³-hybridized carbons (Fsp3) is 0.583. The summed E-state index contributed by atoms with van der Waals surface area (Å²) >= 11 is 1.61. The van der Waals surface area contributed by atoms with Crippen LogP contribution < -0.4 is 0 Å². The van der Waals surface area contributed by atoms with Crippen molar-refractivity contribution in [3.05, 3.63) is 22.4 Å². The van der Waals surface area contributed by atoms with Crippen molar-refractivity contribution < 1.29 is 9.90 Å². The first-order valence-corrected chi connectivity index (χ1v) is 6.67. The smallest absolute Gasteiger partial charge is 0.227 e. The third-order valence-electron chi connectivity index (χ3n) is 3.11. The molecule has 2 rings (SSSR count). The highest BCUT2D eigenvalue weighted by Gasteiger charge is 2.28. The summed E-state index contributed by atoms with van der Waals surface area (Å²) in [4.78, 5) is 13.9. The van der Waals surface area contributed by atoms with Crippen LogP contribution in [0.25, 0.3) is 0 Å². The zero-order valence-electron chi connectivity index (χ0n) is 9.26. The molecular formula is C12H17NO2S. The number of amides is 1. The molecule has 0 atom stereocenters. The molecule has 4 heteroatoms. The summed E-state index contributed by atoms with van der Waals surface area (Å²) in [5, 5.41) is 13.0. The molecule has 0 spiro atoms. The topological polar surface area (TPSA) is 40.5 Å². The maximum Gasteiger partial charge on any atom is 0.227 e. The summed E-state index contributed by atoms with van der Waals surface area (Å²) in [6, 6.07) is 2.36. The van der Waals surface area contributed by atoms with Crippen LogP contribution in [0.15, 0.2) is 16.8 Å². The SMILES string of the molecule is O=C(Cc1ccsc1)N(CCO)C1CCC1. The molecular weight excluding hydrogens is 222 g/mol. The van der Waals surface area contributed by atoms with Crippen molar-refractivity contribution in [3.63, 3.8) is 0 Å². The molecule has 1 aromatic rings. The molecule has 1 aromatic heterocycles. The van der Waals surface area contributed by atoms with Gasteiger partial charge in [0.15, 0.2) is 0 Å². The highest BCUT2D eigenvalue weighted by molar-refractivity contribution is 7.07. The molecule has 1 aliphatic carbocycles. The Balaban J connectivity index is 1.93. The lowest BCUT2D eigenvalue weighted by molar-refractivity contribution is -0.135. The van der Waals surface area contributed by atoms with E-state index in [1.54, 1.807) is 11.3 Å². The number of carbonyl (C=O) groups is 1. The molecule has 1 amide bonds. The molecule has 16 heavy (non-hydrogen) atoms. The van der Waals surface area contributed by atoms with E-state index < -0.39 is 0 Å². The zero-order chi connectivity index (χ0) is 11.4. The van der Waals surface area contributed by atoms with Crippen molar-refractivity contribution in [2.75, 3.05) is 13.2 Å². The molecule has 0 bridgehead atoms. The van der Waals surface area contributed by atoms with Gasteiger partial charge >= 0.3 is 0 Å². The van der Waals surface area contributed by atoms with Gasteiger partial charge in [-0.3, -0.25) is 4.79 Å². The summed E-state index contributed by atoms with van der Waals surface area (Å²) in [6.45, 7) is 0.541. The highest BCUT2D eigenvalue weighted by atomic mass is 32.1. The van der Waals surface area contributed by atoms with Crippen molar-refractivity contribution in [1.82, 2.24) is 4.90 Å². The quantitative estimate of drug-likeness (QED) is 0.849. The van der Waals surface area contributed by atoms with E-state index in [9.17, 15) is 4.79 Å². The summed E-state index contributed by atoms with van der Waals surface area (Å²) in [5.41, 5.74) is 1.08. The van der Waals surface area contributed by atoms with Crippen LogP contribution in [-0.4, -0.2) is 35.1 Å². The molecule has 0 aliphatic heterocycles. The Kier molecular flexibility index (Phi) is 3.96. The van der Waals surface area contributed by atoms with Crippen molar-refractivity contribution >= 4 is 17.2 Å². The van der Waals surface area contributed by atoms with Gasteiger partial charge in [-0.15, -0.1) is 0 Å². The Morgan fingerprint density at radius 2 is 2.38 bits per heavy atom. The predicted molar refractivity (Wildman–Crippen MR) is 64.5 cm³/mol. The molecule has 1 aliphatic rings. The third kappa shape index (κ3) is 2.62. The van der Waals surface area contributed by atoms with Gasteiger partial charge in [-0.05, 0) is 41.7 Å². The van der Waals surface area contributed by atoms with E-state index in [1.807, 2.05) is 21.7 Å². The first-order chi connectivity index (χ1) is 7.81. The molecule has 1 saturated carbocycles. The number of carbonyl (C=O) groups excluding carboxylic acids is 1. The normalized spacial score (nSPS) is 15.8. The van der Waals surface area contributed by atoms with Crippen molar-refractivity contribution in [2.24, 2.45) is 0 Å². The van der Waals surface area contributed by atoms with E-state index in [4.69, 9.17) is 5.11 Å². The summed E-state index contributed by atoms with van der Waals surface area (Å²) in [7, 11) is 0. The molecule has 88 valence electrons. The number of nitrogens with zero attached hydrogens (tertiary/aromatic N) is 1. The van der Waals surface area contributed by atoms with Gasteiger partial charge < -0.3 is 10.0 Å². The molecule has 1 N–H and O–H groups in total. The number of rotatable bonds is 5. The standard InChI is InChI=1S/C12H17NO2S/c14-6-5-13(11-2-1-3-11)12(15)8-10-4-7-16-9-10/h4,7,9,11,14H,1-3,5-6,8H2. The van der Waals surface area contributed by atoms with Crippen LogP contribution in [0.5, 0.6) is 0 Å². The van der Waals surface area contributed by atoms with Gasteiger partial charge in [-0.2, -0.15) is 11.3 Å². The van der Waals surface area contributed by atoms with Crippen LogP contribution >= 0.6 is 11.3 Å². The van der Waals surface area contributed by atoms with Crippen LogP contribution in [-0.2, 0) is 11.2 Å². The van der Waals surface area contributed by atoms with E-state index in [0.29, 0.717) is 19.0 Å². The minimum Gasteiger partial charge on any atom is -0.395 e. The van der Waals surface area contributed by atoms with E-state index in [0.717, 1.165) is 18.4 Å². The number of thiophene rings is 1. The second-order valence-electron chi connectivity index (χ2n) is 4.20. The van der Waals surface area contributed by atoms with Gasteiger partial charge in [0.1, 0.15) is 0 Å². The van der Waals surface area contributed by atoms with Crippen LogP contribution in [0.1, 0.15) is 24.8 Å².